The van der Waals surface area contributed by atoms with Crippen LogP contribution in [0.2, 0.25) is 0 Å². The third-order valence-corrected chi connectivity index (χ3v) is 3.96. The number of benzene rings is 1. The molecule has 0 N–H and O–H groups in total. The zero-order chi connectivity index (χ0) is 21.2. The van der Waals surface area contributed by atoms with Gasteiger partial charge in [0.05, 0.1) is 23.2 Å². The number of hydrogen-bond donors (Lipinski definition) is 0. The van der Waals surface area contributed by atoms with Gasteiger partial charge in [0.2, 0.25) is 0 Å². The number of halogens is 6. The normalized spacial score (nSPS) is 12.2. The van der Waals surface area contributed by atoms with Crippen LogP contribution >= 0.6 is 0 Å². The first-order valence-electron chi connectivity index (χ1n) is 8.18. The summed E-state index contributed by atoms with van der Waals surface area (Å²) in [7, 11) is 0. The molecule has 3 rings (SSSR count). The minimum absolute atomic E-state index is 0.206. The number of aromatic nitrogens is 2. The number of rotatable bonds is 4. The Morgan fingerprint density at radius 2 is 1.72 bits per heavy atom. The molecule has 0 saturated heterocycles. The highest BCUT2D eigenvalue weighted by Crippen LogP contribution is 2.37. The van der Waals surface area contributed by atoms with Gasteiger partial charge in [-0.2, -0.15) is 26.3 Å². The lowest BCUT2D eigenvalue weighted by molar-refractivity contribution is -0.145. The summed E-state index contributed by atoms with van der Waals surface area (Å²) in [5.74, 6) is -0.909. The smallest absolute Gasteiger partial charge is 0.433 e. The van der Waals surface area contributed by atoms with Gasteiger partial charge in [-0.15, -0.1) is 0 Å². The highest BCUT2D eigenvalue weighted by Gasteiger charge is 2.37. The number of nitrogens with zero attached hydrogens (tertiary/aromatic N) is 2. The van der Waals surface area contributed by atoms with Crippen molar-refractivity contribution < 1.29 is 35.9 Å². The Kier molecular flexibility index (Phi) is 5.45. The molecule has 152 valence electrons. The third-order valence-electron chi connectivity index (χ3n) is 3.96. The molecule has 0 aliphatic heterocycles. The van der Waals surface area contributed by atoms with Gasteiger partial charge in [-0.3, -0.25) is 9.78 Å². The Bertz CT molecular complexity index is 1030. The van der Waals surface area contributed by atoms with Gasteiger partial charge < -0.3 is 4.74 Å². The van der Waals surface area contributed by atoms with Crippen LogP contribution in [0.1, 0.15) is 22.5 Å². The number of ether oxygens (including phenoxy) is 1. The van der Waals surface area contributed by atoms with E-state index in [1.807, 2.05) is 0 Å². The standard InChI is InChI=1S/C19H12F6N2O2/c20-18(21,22)14-6-3-5-13-11(8-15(19(23,24)25)27-17(13)14)9-16(28)29-10-12-4-1-2-7-26-12/h1-8H,9-10H2. The van der Waals surface area contributed by atoms with E-state index in [1.165, 1.54) is 12.3 Å². The summed E-state index contributed by atoms with van der Waals surface area (Å²) in [6.45, 7) is -0.220. The van der Waals surface area contributed by atoms with Gasteiger partial charge in [-0.05, 0) is 29.8 Å². The summed E-state index contributed by atoms with van der Waals surface area (Å²) in [6, 6.07) is 8.30. The third kappa shape index (κ3) is 4.82. The van der Waals surface area contributed by atoms with Gasteiger partial charge in [0, 0.05) is 11.6 Å². The van der Waals surface area contributed by atoms with Gasteiger partial charge in [0.25, 0.3) is 0 Å². The van der Waals surface area contributed by atoms with E-state index in [1.54, 1.807) is 18.2 Å². The summed E-state index contributed by atoms with van der Waals surface area (Å²) in [5, 5.41) is -0.206. The highest BCUT2D eigenvalue weighted by molar-refractivity contribution is 5.89. The van der Waals surface area contributed by atoms with Gasteiger partial charge >= 0.3 is 18.3 Å². The van der Waals surface area contributed by atoms with Crippen molar-refractivity contribution in [1.82, 2.24) is 9.97 Å². The van der Waals surface area contributed by atoms with Crippen LogP contribution in [0, 0.1) is 0 Å². The maximum absolute atomic E-state index is 13.2. The molecule has 0 spiro atoms. The molecular formula is C19H12F6N2O2. The summed E-state index contributed by atoms with van der Waals surface area (Å²) in [4.78, 5) is 19.2. The van der Waals surface area contributed by atoms with Crippen molar-refractivity contribution in [3.05, 3.63) is 71.2 Å². The molecule has 2 heterocycles. The first kappa shape index (κ1) is 20.6. The quantitative estimate of drug-likeness (QED) is 0.448. The molecule has 4 nitrogen and oxygen atoms in total. The van der Waals surface area contributed by atoms with Crippen LogP contribution in [0.5, 0.6) is 0 Å². The predicted molar refractivity (Wildman–Crippen MR) is 89.5 cm³/mol. The molecule has 1 aromatic carbocycles. The Balaban J connectivity index is 1.98. The number of para-hydroxylation sites is 1. The largest absolute Gasteiger partial charge is 0.459 e. The molecule has 0 radical (unpaired) electrons. The molecule has 0 aliphatic carbocycles. The van der Waals surface area contributed by atoms with E-state index in [-0.39, 0.29) is 17.6 Å². The van der Waals surface area contributed by atoms with Crippen molar-refractivity contribution in [2.24, 2.45) is 0 Å². The van der Waals surface area contributed by atoms with Gasteiger partial charge in [-0.25, -0.2) is 4.98 Å². The van der Waals surface area contributed by atoms with Crippen LogP contribution in [0.15, 0.2) is 48.7 Å². The number of esters is 1. The average Bonchev–Trinajstić information content (AvgIpc) is 2.65. The average molecular weight is 414 g/mol. The molecule has 10 heteroatoms. The monoisotopic (exact) mass is 414 g/mol. The van der Waals surface area contributed by atoms with Crippen molar-refractivity contribution in [2.75, 3.05) is 0 Å². The first-order chi connectivity index (χ1) is 13.6. The number of alkyl halides is 6. The number of fused-ring (bicyclic) bond motifs is 1. The molecule has 0 fully saturated rings. The van der Waals surface area contributed by atoms with Crippen LogP contribution in [-0.2, 0) is 34.9 Å². The summed E-state index contributed by atoms with van der Waals surface area (Å²) in [5.41, 5.74) is -3.56. The van der Waals surface area contributed by atoms with E-state index < -0.39 is 41.5 Å². The van der Waals surface area contributed by atoms with Crippen molar-refractivity contribution >= 4 is 16.9 Å². The SMILES string of the molecule is O=C(Cc1cc(C(F)(F)F)nc2c(C(F)(F)F)cccc12)OCc1ccccn1. The Hall–Kier alpha value is -3.17. The molecular weight excluding hydrogens is 402 g/mol. The second kappa shape index (κ2) is 7.69. The second-order valence-electron chi connectivity index (χ2n) is 6.02. The Morgan fingerprint density at radius 3 is 2.34 bits per heavy atom. The molecule has 2 aromatic heterocycles. The van der Waals surface area contributed by atoms with Crippen molar-refractivity contribution in [1.29, 1.82) is 0 Å². The molecule has 0 bridgehead atoms. The lowest BCUT2D eigenvalue weighted by Gasteiger charge is -2.15. The van der Waals surface area contributed by atoms with Crippen LogP contribution in [0.4, 0.5) is 26.3 Å². The fraction of sp³-hybridized carbons (Fsp3) is 0.211. The minimum Gasteiger partial charge on any atom is -0.459 e. The van der Waals surface area contributed by atoms with Crippen LogP contribution in [-0.4, -0.2) is 15.9 Å². The molecule has 29 heavy (non-hydrogen) atoms. The zero-order valence-corrected chi connectivity index (χ0v) is 14.5. The van der Waals surface area contributed by atoms with Crippen molar-refractivity contribution in [3.63, 3.8) is 0 Å². The van der Waals surface area contributed by atoms with Gasteiger partial charge in [-0.1, -0.05) is 18.2 Å². The maximum Gasteiger partial charge on any atom is 0.433 e. The molecule has 0 atom stereocenters. The minimum atomic E-state index is -4.99. The number of hydrogen-bond acceptors (Lipinski definition) is 4. The summed E-state index contributed by atoms with van der Waals surface area (Å²) in [6.07, 6.45) is -9.09. The number of pyridine rings is 2. The lowest BCUT2D eigenvalue weighted by Crippen LogP contribution is -2.15. The van der Waals surface area contributed by atoms with Crippen molar-refractivity contribution in [2.45, 2.75) is 25.4 Å². The predicted octanol–water partition coefficient (Wildman–Crippen LogP) is 4.95. The Morgan fingerprint density at radius 1 is 0.966 bits per heavy atom. The van der Waals surface area contributed by atoms with E-state index in [2.05, 4.69) is 9.97 Å². The topological polar surface area (TPSA) is 52.1 Å². The van der Waals surface area contributed by atoms with Crippen LogP contribution in [0.25, 0.3) is 10.9 Å². The highest BCUT2D eigenvalue weighted by atomic mass is 19.4. The van der Waals surface area contributed by atoms with E-state index in [0.29, 0.717) is 17.8 Å². The van der Waals surface area contributed by atoms with E-state index in [9.17, 15) is 31.1 Å². The van der Waals surface area contributed by atoms with E-state index in [0.717, 1.165) is 6.07 Å². The number of carbonyl (C=O) groups excluding carboxylic acids is 1. The fourth-order valence-electron chi connectivity index (χ4n) is 2.68. The van der Waals surface area contributed by atoms with Crippen molar-refractivity contribution in [3.8, 4) is 0 Å². The summed E-state index contributed by atoms with van der Waals surface area (Å²) < 4.78 is 84.2. The molecule has 3 aromatic rings. The summed E-state index contributed by atoms with van der Waals surface area (Å²) >= 11 is 0. The van der Waals surface area contributed by atoms with E-state index >= 15 is 0 Å². The lowest BCUT2D eigenvalue weighted by atomic mass is 10.0. The molecule has 0 aliphatic rings. The Labute approximate surface area is 160 Å². The molecule has 0 unspecified atom stereocenters. The van der Waals surface area contributed by atoms with Gasteiger partial charge in [0.15, 0.2) is 0 Å². The fourth-order valence-corrected chi connectivity index (χ4v) is 2.68. The van der Waals surface area contributed by atoms with E-state index in [4.69, 9.17) is 4.74 Å². The molecule has 0 amide bonds. The molecule has 0 saturated carbocycles. The van der Waals surface area contributed by atoms with Crippen LogP contribution < -0.4 is 0 Å². The maximum atomic E-state index is 13.2. The first-order valence-corrected chi connectivity index (χ1v) is 8.18. The van der Waals surface area contributed by atoms with Crippen LogP contribution in [0.3, 0.4) is 0 Å². The second-order valence-corrected chi connectivity index (χ2v) is 6.02. The van der Waals surface area contributed by atoms with Gasteiger partial charge in [0.1, 0.15) is 12.3 Å². The number of carbonyl (C=O) groups is 1. The zero-order valence-electron chi connectivity index (χ0n) is 14.5.